The molecule has 1 saturated carbocycles. The van der Waals surface area contributed by atoms with Crippen LogP contribution in [0.3, 0.4) is 0 Å². The molecule has 0 bridgehead atoms. The van der Waals surface area contributed by atoms with E-state index in [0.717, 1.165) is 15.8 Å². The van der Waals surface area contributed by atoms with Crippen molar-refractivity contribution in [2.45, 2.75) is 58.1 Å². The average Bonchev–Trinajstić information content (AvgIpc) is 2.41. The van der Waals surface area contributed by atoms with E-state index < -0.39 is 0 Å². The van der Waals surface area contributed by atoms with E-state index in [1.807, 2.05) is 13.0 Å². The summed E-state index contributed by atoms with van der Waals surface area (Å²) in [6.07, 6.45) is 6.70. The quantitative estimate of drug-likeness (QED) is 0.861. The van der Waals surface area contributed by atoms with Crippen molar-refractivity contribution < 1.29 is 4.74 Å². The van der Waals surface area contributed by atoms with E-state index >= 15 is 0 Å². The van der Waals surface area contributed by atoms with Crippen LogP contribution >= 0.6 is 15.9 Å². The minimum absolute atomic E-state index is 0.0587. The van der Waals surface area contributed by atoms with Gasteiger partial charge in [-0.05, 0) is 72.2 Å². The highest BCUT2D eigenvalue weighted by atomic mass is 79.9. The molecule has 1 aliphatic carbocycles. The van der Waals surface area contributed by atoms with Crippen molar-refractivity contribution in [3.05, 3.63) is 28.2 Å². The predicted molar refractivity (Wildman–Crippen MR) is 83.4 cm³/mol. The van der Waals surface area contributed by atoms with Gasteiger partial charge in [0.25, 0.3) is 0 Å². The molecule has 3 atom stereocenters. The number of hydrogen-bond acceptors (Lipinski definition) is 2. The van der Waals surface area contributed by atoms with Crippen LogP contribution in [0.4, 0.5) is 0 Å². The molecule has 1 fully saturated rings. The Morgan fingerprint density at radius 1 is 1.37 bits per heavy atom. The Bertz CT molecular complexity index is 419. The molecule has 1 aromatic rings. The van der Waals surface area contributed by atoms with Gasteiger partial charge in [-0.2, -0.15) is 0 Å². The zero-order chi connectivity index (χ0) is 13.8. The summed E-state index contributed by atoms with van der Waals surface area (Å²) < 4.78 is 7.25. The van der Waals surface area contributed by atoms with E-state index in [9.17, 15) is 0 Å². The first kappa shape index (κ1) is 14.9. The van der Waals surface area contributed by atoms with Crippen LogP contribution in [-0.2, 0) is 0 Å². The molecule has 1 aromatic carbocycles. The SMILES string of the molecule is CCC1CCCCC1Oc1ccc(C(C)N)cc1Br. The molecule has 106 valence electrons. The van der Waals surface area contributed by atoms with Crippen LogP contribution in [0.5, 0.6) is 5.75 Å². The first-order valence-corrected chi connectivity index (χ1v) is 8.12. The van der Waals surface area contributed by atoms with Gasteiger partial charge >= 0.3 is 0 Å². The lowest BCUT2D eigenvalue weighted by molar-refractivity contribution is 0.0896. The van der Waals surface area contributed by atoms with Gasteiger partial charge in [0.15, 0.2) is 0 Å². The first-order valence-electron chi connectivity index (χ1n) is 7.33. The second-order valence-electron chi connectivity index (χ2n) is 5.59. The van der Waals surface area contributed by atoms with Gasteiger partial charge in [-0.3, -0.25) is 0 Å². The third-order valence-electron chi connectivity index (χ3n) is 4.12. The molecular weight excluding hydrogens is 302 g/mol. The maximum Gasteiger partial charge on any atom is 0.133 e. The van der Waals surface area contributed by atoms with E-state index in [-0.39, 0.29) is 6.04 Å². The van der Waals surface area contributed by atoms with Crippen LogP contribution in [-0.4, -0.2) is 6.10 Å². The fraction of sp³-hybridized carbons (Fsp3) is 0.625. The van der Waals surface area contributed by atoms with Crippen LogP contribution in [0.15, 0.2) is 22.7 Å². The van der Waals surface area contributed by atoms with Gasteiger partial charge in [0.2, 0.25) is 0 Å². The normalized spacial score (nSPS) is 25.1. The van der Waals surface area contributed by atoms with Crippen LogP contribution in [0.1, 0.15) is 57.6 Å². The summed E-state index contributed by atoms with van der Waals surface area (Å²) in [5, 5.41) is 0. The van der Waals surface area contributed by atoms with Crippen LogP contribution in [0, 0.1) is 5.92 Å². The molecular formula is C16H24BrNO. The summed E-state index contributed by atoms with van der Waals surface area (Å²) in [5.74, 6) is 1.66. The molecule has 0 aliphatic heterocycles. The summed E-state index contributed by atoms with van der Waals surface area (Å²) in [4.78, 5) is 0. The fourth-order valence-electron chi connectivity index (χ4n) is 2.85. The van der Waals surface area contributed by atoms with E-state index in [2.05, 4.69) is 35.0 Å². The summed E-state index contributed by atoms with van der Waals surface area (Å²) in [6.45, 7) is 4.26. The second kappa shape index (κ2) is 6.76. The van der Waals surface area contributed by atoms with E-state index in [1.54, 1.807) is 0 Å². The van der Waals surface area contributed by atoms with E-state index in [4.69, 9.17) is 10.5 Å². The number of hydrogen-bond donors (Lipinski definition) is 1. The zero-order valence-corrected chi connectivity index (χ0v) is 13.4. The Hall–Kier alpha value is -0.540. The minimum atomic E-state index is 0.0587. The Kier molecular flexibility index (Phi) is 5.28. The molecule has 0 amide bonds. The van der Waals surface area contributed by atoms with Gasteiger partial charge in [0.05, 0.1) is 4.47 Å². The smallest absolute Gasteiger partial charge is 0.133 e. The largest absolute Gasteiger partial charge is 0.489 e. The van der Waals surface area contributed by atoms with Gasteiger partial charge in [-0.15, -0.1) is 0 Å². The van der Waals surface area contributed by atoms with Gasteiger partial charge in [0.1, 0.15) is 11.9 Å². The van der Waals surface area contributed by atoms with E-state index in [1.165, 1.54) is 32.1 Å². The standard InChI is InChI=1S/C16H24BrNO/c1-3-12-6-4-5-7-15(12)19-16-9-8-13(11(2)18)10-14(16)17/h8-12,15H,3-7,18H2,1-2H3. The topological polar surface area (TPSA) is 35.2 Å². The Labute approximate surface area is 124 Å². The predicted octanol–water partition coefficient (Wildman–Crippen LogP) is 4.82. The number of nitrogens with two attached hydrogens (primary N) is 1. The maximum absolute atomic E-state index is 6.24. The van der Waals surface area contributed by atoms with Crippen LogP contribution in [0.2, 0.25) is 0 Å². The second-order valence-corrected chi connectivity index (χ2v) is 6.44. The molecule has 0 heterocycles. The molecule has 0 aromatic heterocycles. The summed E-state index contributed by atoms with van der Waals surface area (Å²) in [7, 11) is 0. The minimum Gasteiger partial charge on any atom is -0.489 e. The first-order chi connectivity index (χ1) is 9.11. The average molecular weight is 326 g/mol. The van der Waals surface area contributed by atoms with Crippen molar-refractivity contribution >= 4 is 15.9 Å². The molecule has 19 heavy (non-hydrogen) atoms. The molecule has 0 radical (unpaired) electrons. The van der Waals surface area contributed by atoms with Gasteiger partial charge in [0, 0.05) is 6.04 Å². The fourth-order valence-corrected chi connectivity index (χ4v) is 3.34. The molecule has 2 rings (SSSR count). The molecule has 2 N–H and O–H groups in total. The number of halogens is 1. The Morgan fingerprint density at radius 3 is 2.74 bits per heavy atom. The van der Waals surface area contributed by atoms with Crippen LogP contribution < -0.4 is 10.5 Å². The molecule has 0 spiro atoms. The molecule has 0 saturated heterocycles. The van der Waals surface area contributed by atoms with Crippen molar-refractivity contribution in [3.8, 4) is 5.75 Å². The Morgan fingerprint density at radius 2 is 2.11 bits per heavy atom. The monoisotopic (exact) mass is 325 g/mol. The Balaban J connectivity index is 2.09. The summed E-state index contributed by atoms with van der Waals surface area (Å²) >= 11 is 3.60. The van der Waals surface area contributed by atoms with Crippen molar-refractivity contribution in [2.75, 3.05) is 0 Å². The van der Waals surface area contributed by atoms with Gasteiger partial charge in [-0.1, -0.05) is 19.4 Å². The third-order valence-corrected chi connectivity index (χ3v) is 4.74. The van der Waals surface area contributed by atoms with Crippen molar-refractivity contribution in [1.29, 1.82) is 0 Å². The van der Waals surface area contributed by atoms with Crippen molar-refractivity contribution in [3.63, 3.8) is 0 Å². The molecule has 3 unspecified atom stereocenters. The van der Waals surface area contributed by atoms with Gasteiger partial charge < -0.3 is 10.5 Å². The lowest BCUT2D eigenvalue weighted by Crippen LogP contribution is -2.30. The number of benzene rings is 1. The lowest BCUT2D eigenvalue weighted by atomic mass is 9.85. The van der Waals surface area contributed by atoms with Crippen molar-refractivity contribution in [2.24, 2.45) is 11.7 Å². The molecule has 2 nitrogen and oxygen atoms in total. The van der Waals surface area contributed by atoms with Crippen LogP contribution in [0.25, 0.3) is 0 Å². The summed E-state index contributed by atoms with van der Waals surface area (Å²) in [6, 6.07) is 6.24. The number of rotatable bonds is 4. The highest BCUT2D eigenvalue weighted by molar-refractivity contribution is 9.10. The highest BCUT2D eigenvalue weighted by Gasteiger charge is 2.25. The lowest BCUT2D eigenvalue weighted by Gasteiger charge is -2.31. The highest BCUT2D eigenvalue weighted by Crippen LogP contribution is 2.34. The summed E-state index contributed by atoms with van der Waals surface area (Å²) in [5.41, 5.74) is 7.03. The maximum atomic E-state index is 6.24. The van der Waals surface area contributed by atoms with Crippen molar-refractivity contribution in [1.82, 2.24) is 0 Å². The number of ether oxygens (including phenoxy) is 1. The third kappa shape index (κ3) is 3.73. The molecule has 3 heteroatoms. The van der Waals surface area contributed by atoms with Gasteiger partial charge in [-0.25, -0.2) is 0 Å². The zero-order valence-electron chi connectivity index (χ0n) is 11.9. The molecule has 1 aliphatic rings. The van der Waals surface area contributed by atoms with E-state index in [0.29, 0.717) is 12.0 Å².